The minimum atomic E-state index is -1.18. The highest BCUT2D eigenvalue weighted by atomic mass is 32.2. The van der Waals surface area contributed by atoms with Gasteiger partial charge in [0, 0.05) is 22.6 Å². The number of oxazole rings is 1. The molecule has 27 heavy (non-hydrogen) atoms. The van der Waals surface area contributed by atoms with Crippen LogP contribution in [0.3, 0.4) is 0 Å². The second kappa shape index (κ2) is 8.31. The minimum absolute atomic E-state index is 0.109. The summed E-state index contributed by atoms with van der Waals surface area (Å²) in [6, 6.07) is 14.7. The summed E-state index contributed by atoms with van der Waals surface area (Å²) in [5.41, 5.74) is 3.17. The van der Waals surface area contributed by atoms with Gasteiger partial charge in [-0.05, 0) is 57.2 Å². The molecule has 1 unspecified atom stereocenters. The molecule has 2 aromatic carbocycles. The highest BCUT2D eigenvalue weighted by Crippen LogP contribution is 2.24. The van der Waals surface area contributed by atoms with Crippen molar-refractivity contribution in [3.8, 4) is 11.5 Å². The summed E-state index contributed by atoms with van der Waals surface area (Å²) >= 11 is 0. The molecule has 0 saturated carbocycles. The van der Waals surface area contributed by atoms with Crippen LogP contribution in [-0.2, 0) is 16.6 Å². The number of hydrogen-bond acceptors (Lipinski definition) is 4. The number of aryl methyl sites for hydroxylation is 2. The van der Waals surface area contributed by atoms with Gasteiger partial charge in [0.25, 0.3) is 5.91 Å². The van der Waals surface area contributed by atoms with E-state index < -0.39 is 10.8 Å². The van der Waals surface area contributed by atoms with Crippen LogP contribution in [0.1, 0.15) is 34.3 Å². The number of rotatable bonds is 6. The first-order chi connectivity index (χ1) is 13.0. The van der Waals surface area contributed by atoms with Crippen molar-refractivity contribution in [2.24, 2.45) is 0 Å². The van der Waals surface area contributed by atoms with Gasteiger partial charge in [-0.15, -0.1) is 0 Å². The van der Waals surface area contributed by atoms with Crippen LogP contribution in [0, 0.1) is 13.8 Å². The summed E-state index contributed by atoms with van der Waals surface area (Å²) in [6.07, 6.45) is 0. The fourth-order valence-electron chi connectivity index (χ4n) is 2.61. The Balaban J connectivity index is 1.77. The minimum Gasteiger partial charge on any atom is -0.441 e. The van der Waals surface area contributed by atoms with Crippen LogP contribution in [0.4, 0.5) is 0 Å². The number of benzene rings is 2. The molecule has 0 aliphatic carbocycles. The Hall–Kier alpha value is -2.73. The fourth-order valence-corrected chi connectivity index (χ4v) is 3.73. The molecule has 3 aromatic rings. The van der Waals surface area contributed by atoms with Gasteiger partial charge in [0.2, 0.25) is 5.89 Å². The summed E-state index contributed by atoms with van der Waals surface area (Å²) in [5, 5.41) is 2.76. The Kier molecular flexibility index (Phi) is 5.86. The Morgan fingerprint density at radius 1 is 1.07 bits per heavy atom. The van der Waals surface area contributed by atoms with E-state index in [9.17, 15) is 9.00 Å². The lowest BCUT2D eigenvalue weighted by Crippen LogP contribution is -2.22. The van der Waals surface area contributed by atoms with Crippen LogP contribution in [0.5, 0.6) is 0 Å². The Labute approximate surface area is 161 Å². The van der Waals surface area contributed by atoms with Gasteiger partial charge in [0.15, 0.2) is 0 Å². The number of carbonyl (C=O) groups excluding carboxylic acids is 1. The predicted octanol–water partition coefficient (Wildman–Crippen LogP) is 4.02. The number of aromatic nitrogens is 1. The first-order valence-corrected chi connectivity index (χ1v) is 10.1. The largest absolute Gasteiger partial charge is 0.441 e. The van der Waals surface area contributed by atoms with Crippen molar-refractivity contribution in [2.45, 2.75) is 31.4 Å². The Morgan fingerprint density at radius 3 is 2.37 bits per heavy atom. The quantitative estimate of drug-likeness (QED) is 0.699. The number of amides is 1. The molecule has 3 rings (SSSR count). The highest BCUT2D eigenvalue weighted by Gasteiger charge is 2.15. The molecule has 0 bridgehead atoms. The molecule has 6 heteroatoms. The molecule has 1 N–H and O–H groups in total. The van der Waals surface area contributed by atoms with Gasteiger partial charge < -0.3 is 9.73 Å². The van der Waals surface area contributed by atoms with Gasteiger partial charge in [-0.25, -0.2) is 4.98 Å². The van der Waals surface area contributed by atoms with E-state index in [1.54, 1.807) is 24.3 Å². The molecule has 1 aromatic heterocycles. The number of nitrogens with zero attached hydrogens (tertiary/aromatic N) is 1. The van der Waals surface area contributed by atoms with Crippen LogP contribution in [-0.4, -0.2) is 21.6 Å². The second-order valence-electron chi connectivity index (χ2n) is 6.26. The van der Waals surface area contributed by atoms with E-state index in [4.69, 9.17) is 4.42 Å². The van der Waals surface area contributed by atoms with Crippen LogP contribution < -0.4 is 5.32 Å². The van der Waals surface area contributed by atoms with Crippen LogP contribution in [0.15, 0.2) is 57.8 Å². The van der Waals surface area contributed by atoms with Gasteiger partial charge in [-0.3, -0.25) is 9.00 Å². The molecule has 1 amide bonds. The third-order valence-electron chi connectivity index (χ3n) is 4.18. The molecule has 0 fully saturated rings. The maximum atomic E-state index is 12.6. The average molecular weight is 382 g/mol. The third-order valence-corrected chi connectivity index (χ3v) is 5.51. The van der Waals surface area contributed by atoms with Crippen molar-refractivity contribution >= 4 is 16.7 Å². The van der Waals surface area contributed by atoms with Crippen LogP contribution >= 0.6 is 0 Å². The SMILES string of the molecule is CCNC(=O)c1ccc(-c2nc(CS(=O)c3ccc(C)cc3)c(C)o2)cc1. The molecule has 0 aliphatic heterocycles. The molecule has 140 valence electrons. The van der Waals surface area contributed by atoms with E-state index in [0.717, 1.165) is 16.0 Å². The van der Waals surface area contributed by atoms with E-state index in [1.807, 2.05) is 45.0 Å². The Morgan fingerprint density at radius 2 is 1.74 bits per heavy atom. The number of carbonyl (C=O) groups is 1. The van der Waals surface area contributed by atoms with Crippen molar-refractivity contribution in [1.82, 2.24) is 10.3 Å². The lowest BCUT2D eigenvalue weighted by atomic mass is 10.1. The normalized spacial score (nSPS) is 12.0. The van der Waals surface area contributed by atoms with Crippen molar-refractivity contribution in [3.63, 3.8) is 0 Å². The first-order valence-electron chi connectivity index (χ1n) is 8.78. The van der Waals surface area contributed by atoms with E-state index in [1.165, 1.54) is 0 Å². The molecular weight excluding hydrogens is 360 g/mol. The number of nitrogens with one attached hydrogen (secondary N) is 1. The average Bonchev–Trinajstić information content (AvgIpc) is 3.03. The molecule has 5 nitrogen and oxygen atoms in total. The van der Waals surface area contributed by atoms with Gasteiger partial charge in [0.1, 0.15) is 5.76 Å². The van der Waals surface area contributed by atoms with Crippen molar-refractivity contribution in [1.29, 1.82) is 0 Å². The highest BCUT2D eigenvalue weighted by molar-refractivity contribution is 7.84. The number of hydrogen-bond donors (Lipinski definition) is 1. The summed E-state index contributed by atoms with van der Waals surface area (Å²) in [6.45, 7) is 6.28. The van der Waals surface area contributed by atoms with Crippen LogP contribution in [0.2, 0.25) is 0 Å². The summed E-state index contributed by atoms with van der Waals surface area (Å²) in [7, 11) is -1.18. The second-order valence-corrected chi connectivity index (χ2v) is 7.71. The molecule has 0 aliphatic rings. The molecule has 1 heterocycles. The molecule has 0 radical (unpaired) electrons. The van der Waals surface area contributed by atoms with Gasteiger partial charge in [0.05, 0.1) is 22.2 Å². The topological polar surface area (TPSA) is 72.2 Å². The van der Waals surface area contributed by atoms with Crippen molar-refractivity contribution < 1.29 is 13.4 Å². The molecular formula is C21H22N2O3S. The zero-order valence-electron chi connectivity index (χ0n) is 15.6. The zero-order chi connectivity index (χ0) is 19.4. The van der Waals surface area contributed by atoms with Crippen molar-refractivity contribution in [2.75, 3.05) is 6.54 Å². The van der Waals surface area contributed by atoms with Gasteiger partial charge in [-0.1, -0.05) is 17.7 Å². The van der Waals surface area contributed by atoms with Gasteiger partial charge in [-0.2, -0.15) is 0 Å². The smallest absolute Gasteiger partial charge is 0.251 e. The van der Waals surface area contributed by atoms with E-state index >= 15 is 0 Å². The summed E-state index contributed by atoms with van der Waals surface area (Å²) in [4.78, 5) is 17.1. The summed E-state index contributed by atoms with van der Waals surface area (Å²) in [5.74, 6) is 1.31. The lowest BCUT2D eigenvalue weighted by Gasteiger charge is -2.02. The maximum Gasteiger partial charge on any atom is 0.251 e. The van der Waals surface area contributed by atoms with Crippen LogP contribution in [0.25, 0.3) is 11.5 Å². The zero-order valence-corrected chi connectivity index (χ0v) is 16.4. The van der Waals surface area contributed by atoms with E-state index in [2.05, 4.69) is 10.3 Å². The summed E-state index contributed by atoms with van der Waals surface area (Å²) < 4.78 is 18.3. The fraction of sp³-hybridized carbons (Fsp3) is 0.238. The van der Waals surface area contributed by atoms with Gasteiger partial charge >= 0.3 is 0 Å². The lowest BCUT2D eigenvalue weighted by molar-refractivity contribution is 0.0956. The van der Waals surface area contributed by atoms with E-state index in [-0.39, 0.29) is 5.91 Å². The Bertz CT molecular complexity index is 960. The third kappa shape index (κ3) is 4.52. The predicted molar refractivity (Wildman–Crippen MR) is 106 cm³/mol. The molecule has 0 saturated heterocycles. The van der Waals surface area contributed by atoms with E-state index in [0.29, 0.717) is 35.2 Å². The molecule has 1 atom stereocenters. The first kappa shape index (κ1) is 19.0. The standard InChI is InChI=1S/C21H22N2O3S/c1-4-22-20(24)16-7-9-17(10-8-16)21-23-19(15(3)26-21)13-27(25)18-11-5-14(2)6-12-18/h5-12H,4,13H2,1-3H3,(H,22,24). The van der Waals surface area contributed by atoms with Crippen molar-refractivity contribution in [3.05, 3.63) is 71.1 Å². The monoisotopic (exact) mass is 382 g/mol. The molecule has 0 spiro atoms. The maximum absolute atomic E-state index is 12.6.